The summed E-state index contributed by atoms with van der Waals surface area (Å²) in [6.45, 7) is 0. The molecule has 1 fully saturated rings. The van der Waals surface area contributed by atoms with E-state index in [9.17, 15) is 0 Å². The minimum atomic E-state index is 0.0469. The van der Waals surface area contributed by atoms with Gasteiger partial charge in [-0.05, 0) is 12.3 Å². The van der Waals surface area contributed by atoms with Gasteiger partial charge in [-0.2, -0.15) is 0 Å². The van der Waals surface area contributed by atoms with Gasteiger partial charge in [0, 0.05) is 0 Å². The summed E-state index contributed by atoms with van der Waals surface area (Å²) in [6.07, 6.45) is 9.63. The van der Waals surface area contributed by atoms with Crippen LogP contribution in [0.4, 0.5) is 0 Å². The molecule has 1 unspecified atom stereocenters. The Balaban J connectivity index is 1.87. The second-order valence-electron chi connectivity index (χ2n) is 3.90. The molecule has 1 heterocycles. The Labute approximate surface area is 78.3 Å². The lowest BCUT2D eigenvalue weighted by Crippen LogP contribution is -2.13. The molecular weight excluding hydrogens is 164 g/mol. The summed E-state index contributed by atoms with van der Waals surface area (Å²) in [5.74, 6) is 1.63. The molecule has 0 radical (unpaired) electrons. The van der Waals surface area contributed by atoms with Crippen molar-refractivity contribution in [3.8, 4) is 0 Å². The average Bonchev–Trinajstić information content (AvgIpc) is 2.74. The highest BCUT2D eigenvalue weighted by Gasteiger charge is 2.20. The Morgan fingerprint density at radius 1 is 1.54 bits per heavy atom. The molecule has 1 saturated carbocycles. The molecule has 1 aromatic rings. The summed E-state index contributed by atoms with van der Waals surface area (Å²) in [4.78, 5) is 3.87. The van der Waals surface area contributed by atoms with Gasteiger partial charge in [-0.1, -0.05) is 25.7 Å². The van der Waals surface area contributed by atoms with E-state index in [2.05, 4.69) is 4.98 Å². The third kappa shape index (κ3) is 2.10. The largest absolute Gasteiger partial charge is 0.447 e. The third-order valence-corrected chi connectivity index (χ3v) is 2.88. The van der Waals surface area contributed by atoms with Crippen LogP contribution in [0.1, 0.15) is 43.9 Å². The van der Waals surface area contributed by atoms with Crippen molar-refractivity contribution in [2.45, 2.75) is 38.1 Å². The first-order valence-electron chi connectivity index (χ1n) is 5.00. The molecule has 2 rings (SSSR count). The van der Waals surface area contributed by atoms with Crippen molar-refractivity contribution in [3.63, 3.8) is 0 Å². The molecule has 1 aliphatic carbocycles. The zero-order chi connectivity index (χ0) is 9.10. The summed E-state index contributed by atoms with van der Waals surface area (Å²) in [7, 11) is 0. The van der Waals surface area contributed by atoms with Crippen LogP contribution >= 0.6 is 0 Å². The fourth-order valence-electron chi connectivity index (χ4n) is 2.13. The summed E-state index contributed by atoms with van der Waals surface area (Å²) in [6, 6.07) is 0.0469. The number of hydrogen-bond acceptors (Lipinski definition) is 3. The highest BCUT2D eigenvalue weighted by atomic mass is 16.3. The van der Waals surface area contributed by atoms with E-state index in [1.807, 2.05) is 0 Å². The van der Waals surface area contributed by atoms with Gasteiger partial charge in [0.1, 0.15) is 5.76 Å². The first kappa shape index (κ1) is 8.75. The van der Waals surface area contributed by atoms with Crippen LogP contribution in [0.25, 0.3) is 0 Å². The number of nitrogens with two attached hydrogens (primary N) is 1. The molecule has 3 heteroatoms. The van der Waals surface area contributed by atoms with Crippen LogP contribution in [-0.2, 0) is 0 Å². The molecule has 0 saturated heterocycles. The predicted molar refractivity (Wildman–Crippen MR) is 50.0 cm³/mol. The molecule has 1 aliphatic rings. The molecule has 2 N–H and O–H groups in total. The zero-order valence-corrected chi connectivity index (χ0v) is 7.78. The van der Waals surface area contributed by atoms with Gasteiger partial charge in [0.2, 0.25) is 0 Å². The van der Waals surface area contributed by atoms with Crippen molar-refractivity contribution in [2.75, 3.05) is 0 Å². The van der Waals surface area contributed by atoms with E-state index < -0.39 is 0 Å². The molecule has 13 heavy (non-hydrogen) atoms. The fourth-order valence-corrected chi connectivity index (χ4v) is 2.13. The van der Waals surface area contributed by atoms with Crippen LogP contribution in [0.15, 0.2) is 17.0 Å². The highest BCUT2D eigenvalue weighted by Crippen LogP contribution is 2.31. The molecule has 1 aromatic heterocycles. The number of rotatable bonds is 3. The van der Waals surface area contributed by atoms with Gasteiger partial charge in [-0.15, -0.1) is 0 Å². The molecule has 0 bridgehead atoms. The van der Waals surface area contributed by atoms with Crippen molar-refractivity contribution in [2.24, 2.45) is 11.7 Å². The maximum atomic E-state index is 5.99. The van der Waals surface area contributed by atoms with E-state index in [1.165, 1.54) is 32.1 Å². The lowest BCUT2D eigenvalue weighted by molar-refractivity contribution is 0.390. The lowest BCUT2D eigenvalue weighted by atomic mass is 9.98. The molecule has 72 valence electrons. The maximum Gasteiger partial charge on any atom is 0.180 e. The zero-order valence-electron chi connectivity index (χ0n) is 7.78. The first-order chi connectivity index (χ1) is 6.36. The average molecular weight is 180 g/mol. The van der Waals surface area contributed by atoms with Crippen LogP contribution in [0.5, 0.6) is 0 Å². The maximum absolute atomic E-state index is 5.99. The molecule has 1 atom stereocenters. The lowest BCUT2D eigenvalue weighted by Gasteiger charge is -2.13. The van der Waals surface area contributed by atoms with Crippen LogP contribution in [-0.4, -0.2) is 4.98 Å². The van der Waals surface area contributed by atoms with Crippen LogP contribution in [0.2, 0.25) is 0 Å². The van der Waals surface area contributed by atoms with Crippen molar-refractivity contribution in [1.29, 1.82) is 0 Å². The van der Waals surface area contributed by atoms with Gasteiger partial charge in [0.15, 0.2) is 6.39 Å². The van der Waals surface area contributed by atoms with Crippen LogP contribution < -0.4 is 5.73 Å². The highest BCUT2D eigenvalue weighted by molar-refractivity contribution is 4.96. The quantitative estimate of drug-likeness (QED) is 0.776. The molecular formula is C10H16N2O. The number of aromatic nitrogens is 1. The SMILES string of the molecule is NC(CC1CCCC1)c1cnco1. The minimum Gasteiger partial charge on any atom is -0.447 e. The monoisotopic (exact) mass is 180 g/mol. The number of oxazole rings is 1. The van der Waals surface area contributed by atoms with Crippen LogP contribution in [0, 0.1) is 5.92 Å². The van der Waals surface area contributed by atoms with Gasteiger partial charge < -0.3 is 10.2 Å². The van der Waals surface area contributed by atoms with E-state index in [4.69, 9.17) is 10.2 Å². The minimum absolute atomic E-state index is 0.0469. The van der Waals surface area contributed by atoms with Crippen molar-refractivity contribution in [1.82, 2.24) is 4.98 Å². The molecule has 0 aliphatic heterocycles. The molecule has 0 aromatic carbocycles. The second kappa shape index (κ2) is 3.92. The van der Waals surface area contributed by atoms with Crippen molar-refractivity contribution < 1.29 is 4.42 Å². The smallest absolute Gasteiger partial charge is 0.180 e. The Morgan fingerprint density at radius 3 is 2.92 bits per heavy atom. The van der Waals surface area contributed by atoms with Gasteiger partial charge >= 0.3 is 0 Å². The van der Waals surface area contributed by atoms with Gasteiger partial charge in [-0.25, -0.2) is 4.98 Å². The fraction of sp³-hybridized carbons (Fsp3) is 0.700. The summed E-state index contributed by atoms with van der Waals surface area (Å²) in [5.41, 5.74) is 5.99. The van der Waals surface area contributed by atoms with Gasteiger partial charge in [0.05, 0.1) is 12.2 Å². The van der Waals surface area contributed by atoms with E-state index in [0.29, 0.717) is 0 Å². The van der Waals surface area contributed by atoms with E-state index in [-0.39, 0.29) is 6.04 Å². The number of nitrogens with zero attached hydrogens (tertiary/aromatic N) is 1. The van der Waals surface area contributed by atoms with E-state index in [1.54, 1.807) is 6.20 Å². The first-order valence-corrected chi connectivity index (χ1v) is 5.00. The normalized spacial score (nSPS) is 20.7. The summed E-state index contributed by atoms with van der Waals surface area (Å²) < 4.78 is 5.17. The number of hydrogen-bond donors (Lipinski definition) is 1. The summed E-state index contributed by atoms with van der Waals surface area (Å²) in [5, 5.41) is 0. The molecule has 3 nitrogen and oxygen atoms in total. The standard InChI is InChI=1S/C10H16N2O/c11-9(10-6-12-7-13-10)5-8-3-1-2-4-8/h6-9H,1-5,11H2. The Kier molecular flexibility index (Phi) is 2.64. The molecule has 0 spiro atoms. The van der Waals surface area contributed by atoms with Gasteiger partial charge in [0.25, 0.3) is 0 Å². The van der Waals surface area contributed by atoms with E-state index >= 15 is 0 Å². The van der Waals surface area contributed by atoms with Crippen molar-refractivity contribution in [3.05, 3.63) is 18.4 Å². The predicted octanol–water partition coefficient (Wildman–Crippen LogP) is 2.25. The molecule has 0 amide bonds. The van der Waals surface area contributed by atoms with E-state index in [0.717, 1.165) is 18.1 Å². The topological polar surface area (TPSA) is 52.0 Å². The van der Waals surface area contributed by atoms with Crippen molar-refractivity contribution >= 4 is 0 Å². The Bertz CT molecular complexity index is 239. The Morgan fingerprint density at radius 2 is 2.31 bits per heavy atom. The second-order valence-corrected chi connectivity index (χ2v) is 3.90. The third-order valence-electron chi connectivity index (χ3n) is 2.88. The summed E-state index contributed by atoms with van der Waals surface area (Å²) >= 11 is 0. The Hall–Kier alpha value is -0.830. The van der Waals surface area contributed by atoms with Crippen LogP contribution in [0.3, 0.4) is 0 Å². The van der Waals surface area contributed by atoms with Gasteiger partial charge in [-0.3, -0.25) is 0 Å².